The van der Waals surface area contributed by atoms with E-state index in [1.807, 2.05) is 61.1 Å². The lowest BCUT2D eigenvalue weighted by Gasteiger charge is -2.19. The van der Waals surface area contributed by atoms with Crippen LogP contribution >= 0.6 is 0 Å². The number of hydrogen-bond acceptors (Lipinski definition) is 4. The Morgan fingerprint density at radius 3 is 2.53 bits per heavy atom. The van der Waals surface area contributed by atoms with Gasteiger partial charge in [0.05, 0.1) is 4.90 Å². The van der Waals surface area contributed by atoms with Gasteiger partial charge in [-0.1, -0.05) is 42.5 Å². The Bertz CT molecular complexity index is 1120. The van der Waals surface area contributed by atoms with Gasteiger partial charge in [-0.15, -0.1) is 0 Å². The fourth-order valence-electron chi connectivity index (χ4n) is 3.20. The molecule has 3 aromatic rings. The summed E-state index contributed by atoms with van der Waals surface area (Å²) in [5.74, 6) is 0.432. The summed E-state index contributed by atoms with van der Waals surface area (Å²) in [5, 5.41) is 2.97. The first kappa shape index (κ1) is 21.7. The highest BCUT2D eigenvalue weighted by Crippen LogP contribution is 2.20. The van der Waals surface area contributed by atoms with Gasteiger partial charge >= 0.3 is 0 Å². The molecule has 0 aliphatic rings. The van der Waals surface area contributed by atoms with E-state index in [0.29, 0.717) is 11.4 Å². The molecule has 7 nitrogen and oxygen atoms in total. The van der Waals surface area contributed by atoms with E-state index in [9.17, 15) is 13.2 Å². The van der Waals surface area contributed by atoms with Crippen molar-refractivity contribution in [3.8, 4) is 0 Å². The van der Waals surface area contributed by atoms with Gasteiger partial charge in [-0.05, 0) is 36.6 Å². The number of nitrogens with one attached hydrogen (secondary N) is 2. The molecule has 2 aromatic carbocycles. The van der Waals surface area contributed by atoms with E-state index in [1.54, 1.807) is 25.3 Å². The van der Waals surface area contributed by atoms with Crippen LogP contribution in [-0.4, -0.2) is 30.4 Å². The van der Waals surface area contributed by atoms with Crippen LogP contribution in [-0.2, 0) is 21.9 Å². The van der Waals surface area contributed by atoms with Crippen LogP contribution in [0.3, 0.4) is 0 Å². The number of rotatable bonds is 8. The third-order valence-electron chi connectivity index (χ3n) is 4.83. The monoisotopic (exact) mass is 426 g/mol. The van der Waals surface area contributed by atoms with Crippen molar-refractivity contribution in [2.75, 3.05) is 6.54 Å². The SMILES string of the molecule is Cc1ccc(C)c(S(=O)(=O)NCCC(=O)NC(c2ccccc2)c2nccn2C)c1. The highest BCUT2D eigenvalue weighted by molar-refractivity contribution is 7.89. The summed E-state index contributed by atoms with van der Waals surface area (Å²) in [7, 11) is -1.82. The summed E-state index contributed by atoms with van der Waals surface area (Å²) < 4.78 is 29.6. The number of imidazole rings is 1. The number of aromatic nitrogens is 2. The molecular formula is C22H26N4O3S. The molecule has 1 unspecified atom stereocenters. The molecule has 0 aliphatic heterocycles. The van der Waals surface area contributed by atoms with Crippen LogP contribution in [0.5, 0.6) is 0 Å². The van der Waals surface area contributed by atoms with Crippen molar-refractivity contribution in [1.82, 2.24) is 19.6 Å². The first-order valence-electron chi connectivity index (χ1n) is 9.66. The lowest BCUT2D eigenvalue weighted by atomic mass is 10.1. The molecule has 3 rings (SSSR count). The van der Waals surface area contributed by atoms with Crippen LogP contribution in [0.2, 0.25) is 0 Å². The first-order chi connectivity index (χ1) is 14.3. The average molecular weight is 427 g/mol. The molecule has 0 aliphatic carbocycles. The number of sulfonamides is 1. The van der Waals surface area contributed by atoms with Crippen LogP contribution < -0.4 is 10.0 Å². The number of aryl methyl sites for hydroxylation is 3. The molecule has 0 bridgehead atoms. The zero-order chi connectivity index (χ0) is 21.7. The van der Waals surface area contributed by atoms with Crippen LogP contribution in [0.25, 0.3) is 0 Å². The minimum Gasteiger partial charge on any atom is -0.342 e. The van der Waals surface area contributed by atoms with Gasteiger partial charge in [0.1, 0.15) is 11.9 Å². The van der Waals surface area contributed by atoms with Crippen LogP contribution in [0, 0.1) is 13.8 Å². The molecule has 0 radical (unpaired) electrons. The van der Waals surface area contributed by atoms with Crippen molar-refractivity contribution in [2.24, 2.45) is 7.05 Å². The molecule has 2 N–H and O–H groups in total. The van der Waals surface area contributed by atoms with Gasteiger partial charge < -0.3 is 9.88 Å². The molecule has 1 heterocycles. The van der Waals surface area contributed by atoms with Crippen molar-refractivity contribution in [3.05, 3.63) is 83.4 Å². The number of nitrogens with zero attached hydrogens (tertiary/aromatic N) is 2. The third kappa shape index (κ3) is 5.14. The molecule has 0 fully saturated rings. The van der Waals surface area contributed by atoms with E-state index in [2.05, 4.69) is 15.0 Å². The van der Waals surface area contributed by atoms with Crippen molar-refractivity contribution in [3.63, 3.8) is 0 Å². The lowest BCUT2D eigenvalue weighted by Crippen LogP contribution is -2.34. The summed E-state index contributed by atoms with van der Waals surface area (Å²) in [5.41, 5.74) is 2.42. The normalized spacial score (nSPS) is 12.5. The lowest BCUT2D eigenvalue weighted by molar-refractivity contribution is -0.121. The predicted octanol–water partition coefficient (Wildman–Crippen LogP) is 2.61. The third-order valence-corrected chi connectivity index (χ3v) is 6.44. The molecule has 1 atom stereocenters. The first-order valence-corrected chi connectivity index (χ1v) is 11.1. The maximum atomic E-state index is 12.6. The smallest absolute Gasteiger partial charge is 0.240 e. The number of carbonyl (C=O) groups is 1. The summed E-state index contributed by atoms with van der Waals surface area (Å²) in [6.45, 7) is 3.59. The Morgan fingerprint density at radius 1 is 1.13 bits per heavy atom. The number of benzene rings is 2. The summed E-state index contributed by atoms with van der Waals surface area (Å²) in [6, 6.07) is 14.4. The van der Waals surface area contributed by atoms with E-state index >= 15 is 0 Å². The van der Waals surface area contributed by atoms with E-state index in [0.717, 1.165) is 11.1 Å². The standard InChI is InChI=1S/C22H26N4O3S/c1-16-9-10-17(2)19(15-16)30(28,29)24-12-11-20(27)25-21(18-7-5-4-6-8-18)22-23-13-14-26(22)3/h4-10,13-15,21,24H,11-12H2,1-3H3,(H,25,27). The zero-order valence-electron chi connectivity index (χ0n) is 17.3. The summed E-state index contributed by atoms with van der Waals surface area (Å²) in [6.07, 6.45) is 3.50. The Hall–Kier alpha value is -2.97. The maximum Gasteiger partial charge on any atom is 0.240 e. The Balaban J connectivity index is 1.66. The second kappa shape index (κ2) is 9.23. The Morgan fingerprint density at radius 2 is 1.87 bits per heavy atom. The van der Waals surface area contributed by atoms with Gasteiger partial charge in [-0.3, -0.25) is 4.79 Å². The van der Waals surface area contributed by atoms with Crippen LogP contribution in [0.15, 0.2) is 65.8 Å². The van der Waals surface area contributed by atoms with Crippen LogP contribution in [0.1, 0.15) is 35.0 Å². The van der Waals surface area contributed by atoms with Crippen molar-refractivity contribution in [1.29, 1.82) is 0 Å². The minimum atomic E-state index is -3.69. The molecule has 30 heavy (non-hydrogen) atoms. The molecule has 0 spiro atoms. The van der Waals surface area contributed by atoms with E-state index < -0.39 is 16.1 Å². The van der Waals surface area contributed by atoms with Gasteiger partial charge in [0.2, 0.25) is 15.9 Å². The number of amides is 1. The highest BCUT2D eigenvalue weighted by atomic mass is 32.2. The van der Waals surface area contributed by atoms with Crippen molar-refractivity contribution < 1.29 is 13.2 Å². The molecule has 8 heteroatoms. The molecule has 0 saturated carbocycles. The fourth-order valence-corrected chi connectivity index (χ4v) is 4.56. The Kier molecular flexibility index (Phi) is 6.69. The zero-order valence-corrected chi connectivity index (χ0v) is 18.1. The van der Waals surface area contributed by atoms with Gasteiger partial charge in [0.25, 0.3) is 0 Å². The molecule has 0 saturated heterocycles. The fraction of sp³-hybridized carbons (Fsp3) is 0.273. The average Bonchev–Trinajstić information content (AvgIpc) is 3.14. The summed E-state index contributed by atoms with van der Waals surface area (Å²) in [4.78, 5) is 17.2. The predicted molar refractivity (Wildman–Crippen MR) is 115 cm³/mol. The van der Waals surface area contributed by atoms with E-state index in [-0.39, 0.29) is 23.8 Å². The van der Waals surface area contributed by atoms with Crippen molar-refractivity contribution >= 4 is 15.9 Å². The van der Waals surface area contributed by atoms with Gasteiger partial charge in [-0.2, -0.15) is 0 Å². The second-order valence-corrected chi connectivity index (χ2v) is 8.96. The quantitative estimate of drug-likeness (QED) is 0.579. The highest BCUT2D eigenvalue weighted by Gasteiger charge is 2.21. The second-order valence-electron chi connectivity index (χ2n) is 7.22. The maximum absolute atomic E-state index is 12.6. The van der Waals surface area contributed by atoms with E-state index in [4.69, 9.17) is 0 Å². The van der Waals surface area contributed by atoms with Gasteiger partial charge in [-0.25, -0.2) is 18.1 Å². The largest absolute Gasteiger partial charge is 0.342 e. The van der Waals surface area contributed by atoms with Crippen LogP contribution in [0.4, 0.5) is 0 Å². The van der Waals surface area contributed by atoms with Crippen molar-refractivity contribution in [2.45, 2.75) is 31.2 Å². The molecule has 1 aromatic heterocycles. The van der Waals surface area contributed by atoms with E-state index in [1.165, 1.54) is 0 Å². The summed E-state index contributed by atoms with van der Waals surface area (Å²) >= 11 is 0. The Labute approximate surface area is 177 Å². The van der Waals surface area contributed by atoms with Gasteiger partial charge in [0.15, 0.2) is 0 Å². The number of hydrogen-bond donors (Lipinski definition) is 2. The minimum absolute atomic E-state index is 0.00359. The topological polar surface area (TPSA) is 93.1 Å². The molecular weight excluding hydrogens is 400 g/mol. The number of carbonyl (C=O) groups excluding carboxylic acids is 1. The molecule has 158 valence electrons. The molecule has 1 amide bonds. The van der Waals surface area contributed by atoms with Gasteiger partial charge in [0, 0.05) is 32.4 Å².